The van der Waals surface area contributed by atoms with E-state index < -0.39 is 0 Å². The van der Waals surface area contributed by atoms with E-state index >= 15 is 0 Å². The average molecular weight is 294 g/mol. The summed E-state index contributed by atoms with van der Waals surface area (Å²) in [5, 5.41) is 2.91. The molecule has 1 amide bonds. The fourth-order valence-corrected chi connectivity index (χ4v) is 2.43. The lowest BCUT2D eigenvalue weighted by Crippen LogP contribution is -2.30. The van der Waals surface area contributed by atoms with Crippen LogP contribution in [0, 0.1) is 0 Å². The van der Waals surface area contributed by atoms with E-state index in [2.05, 4.69) is 14.9 Å². The second-order valence-corrected chi connectivity index (χ2v) is 5.46. The van der Waals surface area contributed by atoms with Gasteiger partial charge in [0.05, 0.1) is 11.0 Å². The summed E-state index contributed by atoms with van der Waals surface area (Å²) in [5.74, 6) is 1.54. The molecular weight excluding hydrogens is 274 g/mol. The highest BCUT2D eigenvalue weighted by Crippen LogP contribution is 2.17. The summed E-state index contributed by atoms with van der Waals surface area (Å²) >= 11 is 5.83. The fourth-order valence-electron chi connectivity index (χ4n) is 2.26. The van der Waals surface area contributed by atoms with Crippen LogP contribution in [0.3, 0.4) is 0 Å². The van der Waals surface area contributed by atoms with Crippen LogP contribution in [0.1, 0.15) is 26.1 Å². The Morgan fingerprint density at radius 2 is 2.15 bits per heavy atom. The fraction of sp³-hybridized carbons (Fsp3) is 0.467. The van der Waals surface area contributed by atoms with Crippen molar-refractivity contribution in [3.63, 3.8) is 0 Å². The number of hydrogen-bond acceptors (Lipinski definition) is 2. The molecule has 0 aliphatic rings. The van der Waals surface area contributed by atoms with E-state index in [9.17, 15) is 4.79 Å². The Bertz CT molecular complexity index is 592. The lowest BCUT2D eigenvalue weighted by Gasteiger charge is -2.11. The van der Waals surface area contributed by atoms with Gasteiger partial charge in [-0.2, -0.15) is 0 Å². The SMILES string of the molecule is CC(C)NC(=O)CCn1c(CCCl)nc2ccccc21. The van der Waals surface area contributed by atoms with Crippen molar-refractivity contribution in [1.29, 1.82) is 0 Å². The number of aromatic nitrogens is 2. The van der Waals surface area contributed by atoms with Crippen LogP contribution in [0.5, 0.6) is 0 Å². The molecule has 0 aliphatic heterocycles. The molecule has 0 saturated carbocycles. The normalized spacial score (nSPS) is 11.2. The maximum atomic E-state index is 11.8. The average Bonchev–Trinajstić information content (AvgIpc) is 2.73. The van der Waals surface area contributed by atoms with Crippen LogP contribution in [0.15, 0.2) is 24.3 Å². The van der Waals surface area contributed by atoms with E-state index in [1.54, 1.807) is 0 Å². The largest absolute Gasteiger partial charge is 0.354 e. The van der Waals surface area contributed by atoms with Crippen LogP contribution >= 0.6 is 11.6 Å². The molecule has 5 heteroatoms. The summed E-state index contributed by atoms with van der Waals surface area (Å²) in [7, 11) is 0. The van der Waals surface area contributed by atoms with Crippen LogP contribution in [-0.2, 0) is 17.8 Å². The van der Waals surface area contributed by atoms with Gasteiger partial charge >= 0.3 is 0 Å². The number of fused-ring (bicyclic) bond motifs is 1. The van der Waals surface area contributed by atoms with Gasteiger partial charge in [-0.15, -0.1) is 11.6 Å². The van der Waals surface area contributed by atoms with E-state index in [4.69, 9.17) is 11.6 Å². The standard InChI is InChI=1S/C15H20ClN3O/c1-11(2)17-15(20)8-10-19-13-6-4-3-5-12(13)18-14(19)7-9-16/h3-6,11H,7-10H2,1-2H3,(H,17,20). The second kappa shape index (κ2) is 6.75. The minimum absolute atomic E-state index is 0.0644. The Balaban J connectivity index is 2.18. The number of para-hydroxylation sites is 2. The van der Waals surface area contributed by atoms with E-state index in [-0.39, 0.29) is 11.9 Å². The van der Waals surface area contributed by atoms with Crippen LogP contribution < -0.4 is 5.32 Å². The van der Waals surface area contributed by atoms with Crippen LogP contribution in [0.4, 0.5) is 0 Å². The smallest absolute Gasteiger partial charge is 0.221 e. The van der Waals surface area contributed by atoms with E-state index in [1.807, 2.05) is 38.1 Å². The predicted molar refractivity (Wildman–Crippen MR) is 82.1 cm³/mol. The maximum Gasteiger partial charge on any atom is 0.221 e. The predicted octanol–water partition coefficient (Wildman–Crippen LogP) is 2.73. The molecule has 1 aromatic heterocycles. The zero-order chi connectivity index (χ0) is 14.5. The number of benzene rings is 1. The second-order valence-electron chi connectivity index (χ2n) is 5.08. The highest BCUT2D eigenvalue weighted by Gasteiger charge is 2.11. The number of nitrogens with one attached hydrogen (secondary N) is 1. The Hall–Kier alpha value is -1.55. The number of imidazole rings is 1. The first-order valence-corrected chi connectivity index (χ1v) is 7.44. The van der Waals surface area contributed by atoms with E-state index in [1.165, 1.54) is 0 Å². The molecule has 0 atom stereocenters. The first-order valence-electron chi connectivity index (χ1n) is 6.91. The number of alkyl halides is 1. The molecule has 20 heavy (non-hydrogen) atoms. The molecule has 0 saturated heterocycles. The Morgan fingerprint density at radius 1 is 1.40 bits per heavy atom. The van der Waals surface area contributed by atoms with Crippen LogP contribution in [0.2, 0.25) is 0 Å². The third-order valence-electron chi connectivity index (χ3n) is 3.06. The highest BCUT2D eigenvalue weighted by molar-refractivity contribution is 6.17. The van der Waals surface area contributed by atoms with Gasteiger partial charge in [0, 0.05) is 31.3 Å². The number of aryl methyl sites for hydroxylation is 2. The summed E-state index contributed by atoms with van der Waals surface area (Å²) in [6, 6.07) is 8.14. The van der Waals surface area contributed by atoms with Gasteiger partial charge in [0.1, 0.15) is 5.82 Å². The number of halogens is 1. The van der Waals surface area contributed by atoms with Gasteiger partial charge in [-0.1, -0.05) is 12.1 Å². The molecule has 0 spiro atoms. The summed E-state index contributed by atoms with van der Waals surface area (Å²) in [5.41, 5.74) is 2.02. The van der Waals surface area contributed by atoms with Crippen molar-refractivity contribution in [2.24, 2.45) is 0 Å². The molecule has 0 unspecified atom stereocenters. The number of carbonyl (C=O) groups excluding carboxylic acids is 1. The monoisotopic (exact) mass is 293 g/mol. The molecule has 2 rings (SSSR count). The van der Waals surface area contributed by atoms with Gasteiger partial charge in [-0.3, -0.25) is 4.79 Å². The Kier molecular flexibility index (Phi) is 5.01. The molecule has 1 N–H and O–H groups in total. The van der Waals surface area contributed by atoms with Gasteiger partial charge in [0.2, 0.25) is 5.91 Å². The van der Waals surface area contributed by atoms with Crippen molar-refractivity contribution in [3.05, 3.63) is 30.1 Å². The van der Waals surface area contributed by atoms with Crippen molar-refractivity contribution in [2.45, 2.75) is 39.3 Å². The zero-order valence-corrected chi connectivity index (χ0v) is 12.7. The number of nitrogens with zero attached hydrogens (tertiary/aromatic N) is 2. The molecule has 2 aromatic rings. The van der Waals surface area contributed by atoms with Crippen molar-refractivity contribution >= 4 is 28.5 Å². The van der Waals surface area contributed by atoms with Crippen molar-refractivity contribution in [1.82, 2.24) is 14.9 Å². The molecule has 0 bridgehead atoms. The van der Waals surface area contributed by atoms with Gasteiger partial charge in [0.25, 0.3) is 0 Å². The Morgan fingerprint density at radius 3 is 2.85 bits per heavy atom. The highest BCUT2D eigenvalue weighted by atomic mass is 35.5. The maximum absolute atomic E-state index is 11.8. The first kappa shape index (κ1) is 14.9. The molecule has 0 aliphatic carbocycles. The van der Waals surface area contributed by atoms with Gasteiger partial charge < -0.3 is 9.88 Å². The van der Waals surface area contributed by atoms with E-state index in [0.717, 1.165) is 16.9 Å². The lowest BCUT2D eigenvalue weighted by atomic mass is 10.3. The van der Waals surface area contributed by atoms with Gasteiger partial charge in [0.15, 0.2) is 0 Å². The van der Waals surface area contributed by atoms with Crippen molar-refractivity contribution in [3.8, 4) is 0 Å². The van der Waals surface area contributed by atoms with Crippen LogP contribution in [0.25, 0.3) is 11.0 Å². The molecular formula is C15H20ClN3O. The topological polar surface area (TPSA) is 46.9 Å². The number of amides is 1. The third-order valence-corrected chi connectivity index (χ3v) is 3.25. The Labute approximate surface area is 124 Å². The minimum atomic E-state index is 0.0644. The lowest BCUT2D eigenvalue weighted by molar-refractivity contribution is -0.121. The summed E-state index contributed by atoms with van der Waals surface area (Å²) < 4.78 is 2.09. The number of rotatable bonds is 6. The van der Waals surface area contributed by atoms with Gasteiger partial charge in [-0.25, -0.2) is 4.98 Å². The van der Waals surface area contributed by atoms with Crippen molar-refractivity contribution in [2.75, 3.05) is 5.88 Å². The molecule has 1 heterocycles. The molecule has 108 valence electrons. The number of carbonyl (C=O) groups is 1. The quantitative estimate of drug-likeness (QED) is 0.833. The minimum Gasteiger partial charge on any atom is -0.354 e. The molecule has 4 nitrogen and oxygen atoms in total. The zero-order valence-electron chi connectivity index (χ0n) is 11.9. The van der Waals surface area contributed by atoms with Crippen molar-refractivity contribution < 1.29 is 4.79 Å². The van der Waals surface area contributed by atoms with Crippen LogP contribution in [-0.4, -0.2) is 27.4 Å². The number of hydrogen-bond donors (Lipinski definition) is 1. The summed E-state index contributed by atoms with van der Waals surface area (Å²) in [6.45, 7) is 4.55. The first-order chi connectivity index (χ1) is 9.61. The van der Waals surface area contributed by atoms with E-state index in [0.29, 0.717) is 25.3 Å². The molecule has 1 aromatic carbocycles. The summed E-state index contributed by atoms with van der Waals surface area (Å²) in [6.07, 6.45) is 1.16. The summed E-state index contributed by atoms with van der Waals surface area (Å²) in [4.78, 5) is 16.4. The molecule has 0 fully saturated rings. The molecule has 0 radical (unpaired) electrons. The van der Waals surface area contributed by atoms with Gasteiger partial charge in [-0.05, 0) is 26.0 Å². The third kappa shape index (κ3) is 3.51.